The van der Waals surface area contributed by atoms with E-state index in [-0.39, 0.29) is 11.9 Å². The molecule has 0 saturated heterocycles. The van der Waals surface area contributed by atoms with Crippen molar-refractivity contribution in [3.63, 3.8) is 0 Å². The van der Waals surface area contributed by atoms with Gasteiger partial charge >= 0.3 is 0 Å². The number of hydrogen-bond acceptors (Lipinski definition) is 4. The molecule has 3 aromatic rings. The highest BCUT2D eigenvalue weighted by Crippen LogP contribution is 2.30. The number of furan rings is 1. The Balaban J connectivity index is 1.47. The number of fused-ring (bicyclic) bond motifs is 1. The van der Waals surface area contributed by atoms with Gasteiger partial charge < -0.3 is 19.4 Å². The van der Waals surface area contributed by atoms with Crippen LogP contribution in [0.3, 0.4) is 0 Å². The zero-order valence-corrected chi connectivity index (χ0v) is 18.0. The number of benzene rings is 2. The fraction of sp³-hybridized carbons (Fsp3) is 0.400. The smallest absolute Gasteiger partial charge is 0.255 e. The zero-order valence-electron chi connectivity index (χ0n) is 18.0. The van der Waals surface area contributed by atoms with E-state index >= 15 is 0 Å². The van der Waals surface area contributed by atoms with Gasteiger partial charge in [-0.2, -0.15) is 0 Å². The Labute approximate surface area is 178 Å². The molecule has 2 aromatic carbocycles. The quantitative estimate of drug-likeness (QED) is 0.631. The topological polar surface area (TPSA) is 54.7 Å². The fourth-order valence-electron chi connectivity index (χ4n) is 4.31. The zero-order chi connectivity index (χ0) is 21.1. The molecule has 0 spiro atoms. The number of carbonyl (C=O) groups is 1. The van der Waals surface area contributed by atoms with Crippen LogP contribution >= 0.6 is 0 Å². The summed E-state index contributed by atoms with van der Waals surface area (Å²) in [6.07, 6.45) is 4.24. The minimum absolute atomic E-state index is 0.0558. The van der Waals surface area contributed by atoms with E-state index in [9.17, 15) is 4.79 Å². The fourth-order valence-corrected chi connectivity index (χ4v) is 4.31. The number of ether oxygens (including phenoxy) is 1. The highest BCUT2D eigenvalue weighted by molar-refractivity contribution is 6.07. The Morgan fingerprint density at radius 2 is 1.83 bits per heavy atom. The molecule has 1 saturated carbocycles. The van der Waals surface area contributed by atoms with Crippen molar-refractivity contribution in [2.24, 2.45) is 0 Å². The van der Waals surface area contributed by atoms with Crippen LogP contribution in [0.15, 0.2) is 52.9 Å². The van der Waals surface area contributed by atoms with E-state index in [2.05, 4.69) is 24.3 Å². The molecule has 158 valence electrons. The molecule has 0 radical (unpaired) electrons. The van der Waals surface area contributed by atoms with Crippen LogP contribution in [-0.2, 0) is 6.61 Å². The second kappa shape index (κ2) is 8.92. The monoisotopic (exact) mass is 406 g/mol. The first-order valence-corrected chi connectivity index (χ1v) is 10.7. The predicted octanol–water partition coefficient (Wildman–Crippen LogP) is 4.92. The maximum absolute atomic E-state index is 13.1. The van der Waals surface area contributed by atoms with E-state index in [4.69, 9.17) is 9.15 Å². The van der Waals surface area contributed by atoms with Gasteiger partial charge in [0, 0.05) is 17.5 Å². The first kappa shape index (κ1) is 20.5. The second-order valence-electron chi connectivity index (χ2n) is 8.41. The van der Waals surface area contributed by atoms with Crippen molar-refractivity contribution in [1.82, 2.24) is 10.2 Å². The van der Waals surface area contributed by atoms with Gasteiger partial charge in [-0.1, -0.05) is 30.3 Å². The van der Waals surface area contributed by atoms with Crippen LogP contribution in [0.2, 0.25) is 0 Å². The number of nitrogens with zero attached hydrogens (tertiary/aromatic N) is 1. The summed E-state index contributed by atoms with van der Waals surface area (Å²) < 4.78 is 11.8. The van der Waals surface area contributed by atoms with Gasteiger partial charge in [-0.25, -0.2) is 0 Å². The molecule has 0 bridgehead atoms. The molecular weight excluding hydrogens is 376 g/mol. The largest absolute Gasteiger partial charge is 0.489 e. The van der Waals surface area contributed by atoms with Crippen LogP contribution in [0.1, 0.15) is 47.4 Å². The average Bonchev–Trinajstić information content (AvgIpc) is 3.08. The molecule has 0 atom stereocenters. The van der Waals surface area contributed by atoms with Crippen LogP contribution in [0.25, 0.3) is 11.0 Å². The van der Waals surface area contributed by atoms with E-state index in [0.717, 1.165) is 42.4 Å². The molecule has 0 unspecified atom stereocenters. The minimum Gasteiger partial charge on any atom is -0.489 e. The van der Waals surface area contributed by atoms with Crippen LogP contribution < -0.4 is 10.1 Å². The summed E-state index contributed by atoms with van der Waals surface area (Å²) in [5.74, 6) is 1.32. The highest BCUT2D eigenvalue weighted by atomic mass is 16.5. The van der Waals surface area contributed by atoms with Gasteiger partial charge in [0.05, 0.1) is 5.56 Å². The SMILES string of the molecule is Cc1oc2ccc(OCc3ccccc3)cc2c1C(=O)NC1CCC(N(C)C)CC1. The van der Waals surface area contributed by atoms with Crippen LogP contribution in [0, 0.1) is 6.92 Å². The molecule has 4 rings (SSSR count). The van der Waals surface area contributed by atoms with Gasteiger partial charge in [0.1, 0.15) is 23.7 Å². The molecule has 1 aliphatic rings. The third-order valence-electron chi connectivity index (χ3n) is 6.07. The third-order valence-corrected chi connectivity index (χ3v) is 6.07. The summed E-state index contributed by atoms with van der Waals surface area (Å²) in [4.78, 5) is 15.4. The summed E-state index contributed by atoms with van der Waals surface area (Å²) in [6, 6.07) is 16.5. The minimum atomic E-state index is -0.0558. The molecule has 5 heteroatoms. The predicted molar refractivity (Wildman–Crippen MR) is 119 cm³/mol. The van der Waals surface area contributed by atoms with Gasteiger partial charge in [-0.3, -0.25) is 4.79 Å². The Morgan fingerprint density at radius 3 is 2.53 bits per heavy atom. The third kappa shape index (κ3) is 4.51. The van der Waals surface area contributed by atoms with Gasteiger partial charge in [0.25, 0.3) is 5.91 Å². The molecular formula is C25H30N2O3. The highest BCUT2D eigenvalue weighted by Gasteiger charge is 2.26. The van der Waals surface area contributed by atoms with Crippen molar-refractivity contribution in [3.05, 3.63) is 65.4 Å². The first-order valence-electron chi connectivity index (χ1n) is 10.7. The number of hydrogen-bond donors (Lipinski definition) is 1. The number of nitrogens with one attached hydrogen (secondary N) is 1. The summed E-state index contributed by atoms with van der Waals surface area (Å²) in [7, 11) is 4.25. The maximum Gasteiger partial charge on any atom is 0.255 e. The molecule has 5 nitrogen and oxygen atoms in total. The number of carbonyl (C=O) groups excluding carboxylic acids is 1. The summed E-state index contributed by atoms with van der Waals surface area (Å²) in [6.45, 7) is 2.34. The van der Waals surface area contributed by atoms with E-state index in [0.29, 0.717) is 29.6 Å². The second-order valence-corrected chi connectivity index (χ2v) is 8.41. The van der Waals surface area contributed by atoms with Gasteiger partial charge in [-0.05, 0) is 70.5 Å². The van der Waals surface area contributed by atoms with Gasteiger partial charge in [0.2, 0.25) is 0 Å². The van der Waals surface area contributed by atoms with Crippen LogP contribution in [0.5, 0.6) is 5.75 Å². The van der Waals surface area contributed by atoms with Crippen molar-refractivity contribution in [2.75, 3.05) is 14.1 Å². The summed E-state index contributed by atoms with van der Waals surface area (Å²) in [5, 5.41) is 4.04. The van der Waals surface area contributed by atoms with Crippen molar-refractivity contribution in [1.29, 1.82) is 0 Å². The number of amides is 1. The molecule has 1 aliphatic carbocycles. The summed E-state index contributed by atoms with van der Waals surface area (Å²) >= 11 is 0. The van der Waals surface area contributed by atoms with E-state index in [1.54, 1.807) is 0 Å². The normalized spacial score (nSPS) is 19.2. The summed E-state index contributed by atoms with van der Waals surface area (Å²) in [5.41, 5.74) is 2.43. The molecule has 1 aromatic heterocycles. The van der Waals surface area contributed by atoms with E-state index in [1.807, 2.05) is 55.5 Å². The lowest BCUT2D eigenvalue weighted by atomic mass is 9.90. The lowest BCUT2D eigenvalue weighted by Crippen LogP contribution is -2.41. The Hall–Kier alpha value is -2.79. The average molecular weight is 407 g/mol. The van der Waals surface area contributed by atoms with Gasteiger partial charge in [-0.15, -0.1) is 0 Å². The molecule has 1 fully saturated rings. The lowest BCUT2D eigenvalue weighted by Gasteiger charge is -2.32. The molecule has 30 heavy (non-hydrogen) atoms. The Bertz CT molecular complexity index is 1000. The molecule has 0 aliphatic heterocycles. The van der Waals surface area contributed by atoms with Crippen LogP contribution in [-0.4, -0.2) is 37.0 Å². The number of aryl methyl sites for hydroxylation is 1. The van der Waals surface area contributed by atoms with Gasteiger partial charge in [0.15, 0.2) is 0 Å². The van der Waals surface area contributed by atoms with Crippen molar-refractivity contribution < 1.29 is 13.9 Å². The molecule has 1 heterocycles. The Morgan fingerprint density at radius 1 is 1.10 bits per heavy atom. The first-order chi connectivity index (χ1) is 14.5. The molecule has 1 amide bonds. The standard InChI is InChI=1S/C25H30N2O3/c1-17-24(25(28)26-19-9-11-20(12-10-19)27(2)3)22-15-21(13-14-23(22)30-17)29-16-18-7-5-4-6-8-18/h4-8,13-15,19-20H,9-12,16H2,1-3H3,(H,26,28). The molecule has 1 N–H and O–H groups in total. The maximum atomic E-state index is 13.1. The van der Waals surface area contributed by atoms with Crippen molar-refractivity contribution >= 4 is 16.9 Å². The van der Waals surface area contributed by atoms with Crippen molar-refractivity contribution in [2.45, 2.75) is 51.3 Å². The Kier molecular flexibility index (Phi) is 6.09. The van der Waals surface area contributed by atoms with E-state index in [1.165, 1.54) is 0 Å². The van der Waals surface area contributed by atoms with Crippen LogP contribution in [0.4, 0.5) is 0 Å². The number of rotatable bonds is 6. The van der Waals surface area contributed by atoms with E-state index < -0.39 is 0 Å². The van der Waals surface area contributed by atoms with Crippen molar-refractivity contribution in [3.8, 4) is 5.75 Å². The lowest BCUT2D eigenvalue weighted by molar-refractivity contribution is 0.0916.